The highest BCUT2D eigenvalue weighted by Crippen LogP contribution is 2.28. The van der Waals surface area contributed by atoms with Gasteiger partial charge >= 0.3 is 0 Å². The highest BCUT2D eigenvalue weighted by atomic mass is 32.2. The number of carbonyl (C=O) groups excluding carboxylic acids is 2. The van der Waals surface area contributed by atoms with Gasteiger partial charge in [0, 0.05) is 25.2 Å². The Morgan fingerprint density at radius 3 is 2.38 bits per heavy atom. The minimum atomic E-state index is -3.73. The molecule has 0 radical (unpaired) electrons. The Balaban J connectivity index is 1.77. The predicted octanol–water partition coefficient (Wildman–Crippen LogP) is 1.08. The lowest BCUT2D eigenvalue weighted by Gasteiger charge is -2.23. The summed E-state index contributed by atoms with van der Waals surface area (Å²) in [6.45, 7) is 1.73. The van der Waals surface area contributed by atoms with Gasteiger partial charge in [-0.15, -0.1) is 0 Å². The summed E-state index contributed by atoms with van der Waals surface area (Å²) in [5, 5.41) is 5.48. The lowest BCUT2D eigenvalue weighted by Crippen LogP contribution is -2.46. The SMILES string of the molecule is CC(=O)Nc1ccc(S(=O)(=O)N2CCCC2C(=O)NC2CC2)cc1. The highest BCUT2D eigenvalue weighted by Gasteiger charge is 2.40. The fourth-order valence-corrected chi connectivity index (χ4v) is 4.52. The summed E-state index contributed by atoms with van der Waals surface area (Å²) >= 11 is 0. The molecule has 0 spiro atoms. The Kier molecular flexibility index (Phi) is 4.60. The van der Waals surface area contributed by atoms with Gasteiger partial charge in [-0.3, -0.25) is 9.59 Å². The molecule has 0 bridgehead atoms. The average molecular weight is 351 g/mol. The standard InChI is InChI=1S/C16H21N3O4S/c1-11(20)17-12-6-8-14(9-7-12)24(22,23)19-10-2-3-15(19)16(21)18-13-4-5-13/h6-9,13,15H,2-5,10H2,1H3,(H,17,20)(H,18,21). The van der Waals surface area contributed by atoms with Crippen LogP contribution in [0.3, 0.4) is 0 Å². The molecule has 1 unspecified atom stereocenters. The molecule has 2 amide bonds. The van der Waals surface area contributed by atoms with E-state index in [1.54, 1.807) is 12.1 Å². The van der Waals surface area contributed by atoms with Crippen molar-refractivity contribution in [1.29, 1.82) is 0 Å². The van der Waals surface area contributed by atoms with Crippen LogP contribution in [0.5, 0.6) is 0 Å². The molecule has 2 N–H and O–H groups in total. The second-order valence-electron chi connectivity index (χ2n) is 6.26. The number of benzene rings is 1. The molecule has 7 nitrogen and oxygen atoms in total. The van der Waals surface area contributed by atoms with Crippen molar-refractivity contribution >= 4 is 27.5 Å². The summed E-state index contributed by atoms with van der Waals surface area (Å²) in [5.41, 5.74) is 0.533. The normalized spacial score (nSPS) is 21.5. The summed E-state index contributed by atoms with van der Waals surface area (Å²) in [5.74, 6) is -0.421. The van der Waals surface area contributed by atoms with E-state index in [0.29, 0.717) is 25.1 Å². The molecule has 1 saturated carbocycles. The fourth-order valence-electron chi connectivity index (χ4n) is 2.86. The molecule has 1 aromatic rings. The van der Waals surface area contributed by atoms with Crippen LogP contribution in [0.15, 0.2) is 29.2 Å². The van der Waals surface area contributed by atoms with Crippen molar-refractivity contribution in [2.75, 3.05) is 11.9 Å². The fraction of sp³-hybridized carbons (Fsp3) is 0.500. The van der Waals surface area contributed by atoms with Crippen LogP contribution in [0.2, 0.25) is 0 Å². The summed E-state index contributed by atoms with van der Waals surface area (Å²) in [6, 6.07) is 5.57. The number of nitrogens with zero attached hydrogens (tertiary/aromatic N) is 1. The molecule has 1 atom stereocenters. The minimum absolute atomic E-state index is 0.128. The van der Waals surface area contributed by atoms with E-state index in [2.05, 4.69) is 10.6 Å². The van der Waals surface area contributed by atoms with Crippen LogP contribution in [-0.4, -0.2) is 43.2 Å². The van der Waals surface area contributed by atoms with Gasteiger partial charge in [-0.2, -0.15) is 4.31 Å². The summed E-state index contributed by atoms with van der Waals surface area (Å²) in [4.78, 5) is 23.5. The van der Waals surface area contributed by atoms with E-state index in [9.17, 15) is 18.0 Å². The third-order valence-electron chi connectivity index (χ3n) is 4.21. The third kappa shape index (κ3) is 3.59. The molecule has 2 aliphatic rings. The molecule has 1 aliphatic heterocycles. The predicted molar refractivity (Wildman–Crippen MR) is 88.8 cm³/mol. The zero-order valence-electron chi connectivity index (χ0n) is 13.5. The number of amides is 2. The molecule has 2 fully saturated rings. The Morgan fingerprint density at radius 1 is 1.12 bits per heavy atom. The summed E-state index contributed by atoms with van der Waals surface area (Å²) in [6.07, 6.45) is 3.15. The zero-order valence-corrected chi connectivity index (χ0v) is 14.3. The number of hydrogen-bond acceptors (Lipinski definition) is 4. The quantitative estimate of drug-likeness (QED) is 0.830. The van der Waals surface area contributed by atoms with Crippen molar-refractivity contribution in [3.63, 3.8) is 0 Å². The second-order valence-corrected chi connectivity index (χ2v) is 8.15. The number of carbonyl (C=O) groups is 2. The Labute approximate surface area is 141 Å². The Bertz CT molecular complexity index is 741. The van der Waals surface area contributed by atoms with Crippen LogP contribution in [0.1, 0.15) is 32.6 Å². The first kappa shape index (κ1) is 16.9. The van der Waals surface area contributed by atoms with Crippen molar-refractivity contribution < 1.29 is 18.0 Å². The Hall–Kier alpha value is -1.93. The van der Waals surface area contributed by atoms with E-state index < -0.39 is 16.1 Å². The van der Waals surface area contributed by atoms with Gasteiger partial charge in [0.2, 0.25) is 21.8 Å². The van der Waals surface area contributed by atoms with Crippen LogP contribution in [0, 0.1) is 0 Å². The lowest BCUT2D eigenvalue weighted by molar-refractivity contribution is -0.124. The molecule has 24 heavy (non-hydrogen) atoms. The molecular weight excluding hydrogens is 330 g/mol. The highest BCUT2D eigenvalue weighted by molar-refractivity contribution is 7.89. The van der Waals surface area contributed by atoms with E-state index in [1.165, 1.54) is 23.4 Å². The van der Waals surface area contributed by atoms with E-state index in [1.807, 2.05) is 0 Å². The largest absolute Gasteiger partial charge is 0.352 e. The second kappa shape index (κ2) is 6.52. The number of nitrogens with one attached hydrogen (secondary N) is 2. The van der Waals surface area contributed by atoms with Crippen molar-refractivity contribution in [3.8, 4) is 0 Å². The van der Waals surface area contributed by atoms with Crippen LogP contribution in [0.25, 0.3) is 0 Å². The molecule has 1 aromatic carbocycles. The first-order valence-corrected chi connectivity index (χ1v) is 9.52. The summed E-state index contributed by atoms with van der Waals surface area (Å²) in [7, 11) is -3.73. The van der Waals surface area contributed by atoms with E-state index >= 15 is 0 Å². The van der Waals surface area contributed by atoms with Crippen LogP contribution in [0.4, 0.5) is 5.69 Å². The van der Waals surface area contributed by atoms with Gasteiger partial charge in [0.15, 0.2) is 0 Å². The number of anilines is 1. The van der Waals surface area contributed by atoms with Gasteiger partial charge in [0.25, 0.3) is 0 Å². The zero-order chi connectivity index (χ0) is 17.3. The molecule has 3 rings (SSSR count). The van der Waals surface area contributed by atoms with Gasteiger partial charge in [0.1, 0.15) is 6.04 Å². The first-order valence-electron chi connectivity index (χ1n) is 8.08. The summed E-state index contributed by atoms with van der Waals surface area (Å²) < 4.78 is 27.0. The van der Waals surface area contributed by atoms with Gasteiger partial charge in [-0.05, 0) is 49.9 Å². The molecule has 130 valence electrons. The van der Waals surface area contributed by atoms with Crippen molar-refractivity contribution in [2.45, 2.75) is 49.6 Å². The van der Waals surface area contributed by atoms with E-state index in [0.717, 1.165) is 12.8 Å². The van der Waals surface area contributed by atoms with Crippen LogP contribution in [-0.2, 0) is 19.6 Å². The molecule has 1 saturated heterocycles. The monoisotopic (exact) mass is 351 g/mol. The Morgan fingerprint density at radius 2 is 1.79 bits per heavy atom. The van der Waals surface area contributed by atoms with Gasteiger partial charge in [0.05, 0.1) is 4.90 Å². The average Bonchev–Trinajstić information content (AvgIpc) is 3.18. The van der Waals surface area contributed by atoms with Gasteiger partial charge < -0.3 is 10.6 Å². The maximum atomic E-state index is 12.8. The van der Waals surface area contributed by atoms with E-state index in [4.69, 9.17) is 0 Å². The topological polar surface area (TPSA) is 95.6 Å². The number of rotatable bonds is 5. The maximum Gasteiger partial charge on any atom is 0.243 e. The minimum Gasteiger partial charge on any atom is -0.352 e. The van der Waals surface area contributed by atoms with Crippen LogP contribution < -0.4 is 10.6 Å². The molecule has 0 aromatic heterocycles. The molecule has 1 heterocycles. The van der Waals surface area contributed by atoms with Crippen LogP contribution >= 0.6 is 0 Å². The number of sulfonamides is 1. The molecule has 8 heteroatoms. The lowest BCUT2D eigenvalue weighted by atomic mass is 10.2. The first-order chi connectivity index (χ1) is 11.4. The maximum absolute atomic E-state index is 12.8. The van der Waals surface area contributed by atoms with Crippen molar-refractivity contribution in [2.24, 2.45) is 0 Å². The molecule has 1 aliphatic carbocycles. The van der Waals surface area contributed by atoms with Gasteiger partial charge in [-0.25, -0.2) is 8.42 Å². The van der Waals surface area contributed by atoms with Gasteiger partial charge in [-0.1, -0.05) is 0 Å². The van der Waals surface area contributed by atoms with Crippen molar-refractivity contribution in [3.05, 3.63) is 24.3 Å². The third-order valence-corrected chi connectivity index (χ3v) is 6.13. The smallest absolute Gasteiger partial charge is 0.243 e. The van der Waals surface area contributed by atoms with Crippen molar-refractivity contribution in [1.82, 2.24) is 9.62 Å². The number of hydrogen-bond donors (Lipinski definition) is 2. The molecular formula is C16H21N3O4S. The van der Waals surface area contributed by atoms with E-state index in [-0.39, 0.29) is 22.8 Å².